The second kappa shape index (κ2) is 8.08. The molecule has 2 N–H and O–H groups in total. The minimum Gasteiger partial charge on any atom is -0.495 e. The lowest BCUT2D eigenvalue weighted by Gasteiger charge is -2.27. The summed E-state index contributed by atoms with van der Waals surface area (Å²) >= 11 is 0. The van der Waals surface area contributed by atoms with Crippen molar-refractivity contribution in [3.8, 4) is 5.75 Å². The predicted molar refractivity (Wildman–Crippen MR) is 92.3 cm³/mol. The van der Waals surface area contributed by atoms with Gasteiger partial charge in [-0.25, -0.2) is 5.43 Å². The minimum absolute atomic E-state index is 0.0119. The fourth-order valence-corrected chi connectivity index (χ4v) is 3.38. The summed E-state index contributed by atoms with van der Waals surface area (Å²) in [6.07, 6.45) is 6.12. The highest BCUT2D eigenvalue weighted by atomic mass is 32.2. The van der Waals surface area contributed by atoms with E-state index in [9.17, 15) is 9.00 Å². The van der Waals surface area contributed by atoms with Gasteiger partial charge in [-0.15, -0.1) is 6.58 Å². The van der Waals surface area contributed by atoms with E-state index in [0.29, 0.717) is 22.8 Å². The van der Waals surface area contributed by atoms with E-state index in [1.165, 1.54) is 0 Å². The number of carbonyl (C=O) groups excluding carboxylic acids is 1. The van der Waals surface area contributed by atoms with Gasteiger partial charge in [-0.1, -0.05) is 31.2 Å². The molecule has 0 spiro atoms. The maximum Gasteiger partial charge on any atom is 0.234 e. The van der Waals surface area contributed by atoms with Crippen LogP contribution in [0.25, 0.3) is 6.08 Å². The summed E-state index contributed by atoms with van der Waals surface area (Å²) in [5.74, 6) is 1.23. The third-order valence-corrected chi connectivity index (χ3v) is 5.06. The first-order chi connectivity index (χ1) is 11.0. The van der Waals surface area contributed by atoms with E-state index >= 15 is 0 Å². The van der Waals surface area contributed by atoms with Crippen LogP contribution in [0.2, 0.25) is 0 Å². The van der Waals surface area contributed by atoms with Crippen LogP contribution in [0.3, 0.4) is 0 Å². The van der Waals surface area contributed by atoms with Crippen molar-refractivity contribution in [2.45, 2.75) is 24.3 Å². The second-order valence-electron chi connectivity index (χ2n) is 5.47. The molecule has 3 unspecified atom stereocenters. The first-order valence-electron chi connectivity index (χ1n) is 7.45. The smallest absolute Gasteiger partial charge is 0.234 e. The van der Waals surface area contributed by atoms with E-state index in [4.69, 9.17) is 4.74 Å². The molecule has 1 aliphatic heterocycles. The molecule has 1 aromatic carbocycles. The van der Waals surface area contributed by atoms with Gasteiger partial charge in [0, 0.05) is 18.2 Å². The van der Waals surface area contributed by atoms with E-state index < -0.39 is 10.8 Å². The van der Waals surface area contributed by atoms with Crippen LogP contribution in [0.4, 0.5) is 0 Å². The number of benzene rings is 1. The van der Waals surface area contributed by atoms with Crippen molar-refractivity contribution in [1.29, 1.82) is 0 Å². The van der Waals surface area contributed by atoms with Crippen LogP contribution in [0.5, 0.6) is 5.75 Å². The van der Waals surface area contributed by atoms with Crippen LogP contribution < -0.4 is 15.6 Å². The first-order valence-corrected chi connectivity index (χ1v) is 8.77. The number of ether oxygens (including phenoxy) is 1. The number of carbonyl (C=O) groups is 1. The van der Waals surface area contributed by atoms with Crippen molar-refractivity contribution >= 4 is 22.8 Å². The highest BCUT2D eigenvalue weighted by Crippen LogP contribution is 2.25. The van der Waals surface area contributed by atoms with Crippen molar-refractivity contribution < 1.29 is 13.7 Å². The van der Waals surface area contributed by atoms with Crippen LogP contribution in [0, 0.1) is 5.92 Å². The zero-order valence-corrected chi connectivity index (χ0v) is 14.2. The van der Waals surface area contributed by atoms with Crippen LogP contribution in [0.15, 0.2) is 41.8 Å². The van der Waals surface area contributed by atoms with Crippen molar-refractivity contribution in [3.63, 3.8) is 0 Å². The maximum absolute atomic E-state index is 12.1. The number of methoxy groups -OCH3 is 1. The lowest BCUT2D eigenvalue weighted by Crippen LogP contribution is -2.52. The Morgan fingerprint density at radius 3 is 2.91 bits per heavy atom. The Hall–Kier alpha value is -1.92. The van der Waals surface area contributed by atoms with Crippen molar-refractivity contribution in [2.24, 2.45) is 5.92 Å². The summed E-state index contributed by atoms with van der Waals surface area (Å²) in [6.45, 7) is 5.64. The van der Waals surface area contributed by atoms with E-state index in [0.717, 1.165) is 5.56 Å². The van der Waals surface area contributed by atoms with Gasteiger partial charge in [0.1, 0.15) is 5.75 Å². The zero-order chi connectivity index (χ0) is 16.8. The Bertz CT molecular complexity index is 643. The third-order valence-electron chi connectivity index (χ3n) is 3.70. The molecule has 0 bridgehead atoms. The molecule has 0 saturated carbocycles. The molecule has 1 aromatic rings. The summed E-state index contributed by atoms with van der Waals surface area (Å²) in [7, 11) is 0.419. The Morgan fingerprint density at radius 2 is 2.26 bits per heavy atom. The van der Waals surface area contributed by atoms with Crippen molar-refractivity contribution in [3.05, 3.63) is 42.5 Å². The zero-order valence-electron chi connectivity index (χ0n) is 13.4. The first kappa shape index (κ1) is 17.4. The fourth-order valence-electron chi connectivity index (χ4n) is 2.40. The monoisotopic (exact) mass is 334 g/mol. The minimum atomic E-state index is -1.15. The molecule has 124 valence electrons. The number of nitrogens with one attached hydrogen (secondary N) is 2. The Labute approximate surface area is 139 Å². The number of hydrazine groups is 1. The van der Waals surface area contributed by atoms with Gasteiger partial charge in [0.25, 0.3) is 0 Å². The molecule has 0 radical (unpaired) electrons. The van der Waals surface area contributed by atoms with E-state index in [1.54, 1.807) is 13.2 Å². The molecule has 5 nitrogen and oxygen atoms in total. The van der Waals surface area contributed by atoms with Gasteiger partial charge in [-0.2, -0.15) is 0 Å². The van der Waals surface area contributed by atoms with Crippen molar-refractivity contribution in [2.75, 3.05) is 12.9 Å². The van der Waals surface area contributed by atoms with Gasteiger partial charge in [0.15, 0.2) is 0 Å². The third kappa shape index (κ3) is 4.53. The summed E-state index contributed by atoms with van der Waals surface area (Å²) in [5, 5.41) is 0. The molecule has 1 aliphatic rings. The molecule has 1 fully saturated rings. The predicted octanol–water partition coefficient (Wildman–Crippen LogP) is 2.03. The highest BCUT2D eigenvalue weighted by Gasteiger charge is 2.22. The standard InChI is InChI=1S/C17H22N2O3S/c1-4-9-23(21)16-8-6-13(11-15(16)22-3)5-7-14-12(2)10-17(20)19-18-14/h4-8,11-12,14,18H,1,9-10H2,2-3H3,(H,19,20)/b7-5+. The Kier molecular flexibility index (Phi) is 6.12. The molecule has 1 heterocycles. The lowest BCUT2D eigenvalue weighted by atomic mass is 9.96. The second-order valence-corrected chi connectivity index (χ2v) is 6.93. The molecule has 1 saturated heterocycles. The maximum atomic E-state index is 12.1. The molecule has 23 heavy (non-hydrogen) atoms. The lowest BCUT2D eigenvalue weighted by molar-refractivity contribution is -0.125. The van der Waals surface area contributed by atoms with Crippen molar-refractivity contribution in [1.82, 2.24) is 10.9 Å². The van der Waals surface area contributed by atoms with Crippen LogP contribution in [-0.4, -0.2) is 29.0 Å². The molecule has 0 aliphatic carbocycles. The molecule has 3 atom stereocenters. The SMILES string of the molecule is C=CCS(=O)c1ccc(/C=C/C2NNC(=O)CC2C)cc1OC. The van der Waals surface area contributed by atoms with Gasteiger partial charge >= 0.3 is 0 Å². The van der Waals surface area contributed by atoms with Gasteiger partial charge in [-0.05, 0) is 23.6 Å². The normalized spacial score (nSPS) is 22.6. The largest absolute Gasteiger partial charge is 0.495 e. The van der Waals surface area contributed by atoms with Gasteiger partial charge in [0.05, 0.1) is 22.8 Å². The molecule has 1 amide bonds. The summed E-state index contributed by atoms with van der Waals surface area (Å²) in [6, 6.07) is 5.66. The quantitative estimate of drug-likeness (QED) is 0.781. The average Bonchev–Trinajstić information content (AvgIpc) is 2.54. The van der Waals surface area contributed by atoms with E-state index in [2.05, 4.69) is 17.4 Å². The highest BCUT2D eigenvalue weighted by molar-refractivity contribution is 7.85. The fraction of sp³-hybridized carbons (Fsp3) is 0.353. The molecular formula is C17H22N2O3S. The van der Waals surface area contributed by atoms with Crippen LogP contribution in [0.1, 0.15) is 18.9 Å². The molecular weight excluding hydrogens is 312 g/mol. The number of hydrogen-bond acceptors (Lipinski definition) is 4. The van der Waals surface area contributed by atoms with E-state index in [1.807, 2.05) is 37.3 Å². The summed E-state index contributed by atoms with van der Waals surface area (Å²) in [5.41, 5.74) is 6.58. The Balaban J connectivity index is 2.14. The topological polar surface area (TPSA) is 67.4 Å². The van der Waals surface area contributed by atoms with Gasteiger partial charge in [-0.3, -0.25) is 14.4 Å². The number of amides is 1. The van der Waals surface area contributed by atoms with E-state index in [-0.39, 0.29) is 17.9 Å². The average molecular weight is 334 g/mol. The Morgan fingerprint density at radius 1 is 1.48 bits per heavy atom. The number of hydrogen-bond donors (Lipinski definition) is 2. The van der Waals surface area contributed by atoms with Gasteiger partial charge in [0.2, 0.25) is 5.91 Å². The summed E-state index contributed by atoms with van der Waals surface area (Å²) < 4.78 is 17.5. The molecule has 6 heteroatoms. The van der Waals surface area contributed by atoms with Crippen LogP contribution in [-0.2, 0) is 15.6 Å². The molecule has 0 aromatic heterocycles. The number of rotatable bonds is 6. The van der Waals surface area contributed by atoms with Crippen LogP contribution >= 0.6 is 0 Å². The molecule has 2 rings (SSSR count). The summed E-state index contributed by atoms with van der Waals surface area (Å²) in [4.78, 5) is 11.9. The van der Waals surface area contributed by atoms with Gasteiger partial charge < -0.3 is 4.74 Å².